The van der Waals surface area contributed by atoms with Crippen molar-refractivity contribution in [3.05, 3.63) is 17.2 Å². The summed E-state index contributed by atoms with van der Waals surface area (Å²) in [5, 5.41) is 4.07. The Kier molecular flexibility index (Phi) is 6.13. The molecule has 1 aromatic carbocycles. The lowest BCUT2D eigenvalue weighted by molar-refractivity contribution is 0.395. The molecule has 0 aliphatic carbocycles. The van der Waals surface area contributed by atoms with Crippen LogP contribution in [0.15, 0.2) is 12.1 Å². The highest BCUT2D eigenvalue weighted by Gasteiger charge is 2.12. The topological polar surface area (TPSA) is 30.5 Å². The molecule has 1 rings (SSSR count). The van der Waals surface area contributed by atoms with Gasteiger partial charge in [-0.2, -0.15) is 0 Å². The Balaban J connectivity index is 2.96. The quantitative estimate of drug-likeness (QED) is 0.800. The molecule has 0 spiro atoms. The minimum absolute atomic E-state index is 0.438. The van der Waals surface area contributed by atoms with Crippen LogP contribution in [0.2, 0.25) is 5.02 Å². The van der Waals surface area contributed by atoms with E-state index in [1.807, 2.05) is 12.1 Å². The summed E-state index contributed by atoms with van der Waals surface area (Å²) in [6.45, 7) is 4.35. The number of rotatable bonds is 7. The lowest BCUT2D eigenvalue weighted by atomic mass is 10.1. The molecule has 102 valence electrons. The fourth-order valence-electron chi connectivity index (χ4n) is 1.92. The maximum Gasteiger partial charge on any atom is 0.145 e. The van der Waals surface area contributed by atoms with E-state index in [2.05, 4.69) is 19.2 Å². The van der Waals surface area contributed by atoms with Gasteiger partial charge in [0.15, 0.2) is 0 Å². The van der Waals surface area contributed by atoms with Gasteiger partial charge in [0.25, 0.3) is 0 Å². The van der Waals surface area contributed by atoms with E-state index in [4.69, 9.17) is 21.1 Å². The zero-order valence-electron chi connectivity index (χ0n) is 11.5. The van der Waals surface area contributed by atoms with E-state index < -0.39 is 0 Å². The third kappa shape index (κ3) is 3.70. The van der Waals surface area contributed by atoms with Gasteiger partial charge in [-0.3, -0.25) is 0 Å². The molecule has 0 saturated carbocycles. The molecule has 0 amide bonds. The van der Waals surface area contributed by atoms with Crippen molar-refractivity contribution in [2.24, 2.45) is 0 Å². The summed E-state index contributed by atoms with van der Waals surface area (Å²) >= 11 is 6.14. The van der Waals surface area contributed by atoms with Crippen LogP contribution in [-0.2, 0) is 0 Å². The normalized spacial score (nSPS) is 12.1. The van der Waals surface area contributed by atoms with Crippen molar-refractivity contribution >= 4 is 17.3 Å². The van der Waals surface area contributed by atoms with Crippen LogP contribution in [0.4, 0.5) is 5.69 Å². The van der Waals surface area contributed by atoms with Crippen LogP contribution in [0.25, 0.3) is 0 Å². The molecular weight excluding hydrogens is 250 g/mol. The van der Waals surface area contributed by atoms with Crippen molar-refractivity contribution < 1.29 is 9.47 Å². The Morgan fingerprint density at radius 1 is 1.17 bits per heavy atom. The van der Waals surface area contributed by atoms with Crippen molar-refractivity contribution in [2.75, 3.05) is 19.5 Å². The largest absolute Gasteiger partial charge is 0.495 e. The third-order valence-corrected chi connectivity index (χ3v) is 3.26. The SMILES string of the molecule is CCCC(CC)Nc1cc(Cl)c(OC)cc1OC. The number of benzene rings is 1. The predicted molar refractivity (Wildman–Crippen MR) is 77.2 cm³/mol. The number of halogens is 1. The summed E-state index contributed by atoms with van der Waals surface area (Å²) in [6, 6.07) is 4.11. The lowest BCUT2D eigenvalue weighted by Gasteiger charge is -2.20. The van der Waals surface area contributed by atoms with E-state index in [-0.39, 0.29) is 0 Å². The average Bonchev–Trinajstić information content (AvgIpc) is 2.38. The monoisotopic (exact) mass is 271 g/mol. The predicted octanol–water partition coefficient (Wildman–Crippen LogP) is 4.35. The van der Waals surface area contributed by atoms with Crippen LogP contribution in [-0.4, -0.2) is 20.3 Å². The molecule has 0 bridgehead atoms. The van der Waals surface area contributed by atoms with Gasteiger partial charge in [0.05, 0.1) is 24.9 Å². The maximum absolute atomic E-state index is 6.14. The summed E-state index contributed by atoms with van der Waals surface area (Å²) in [4.78, 5) is 0. The van der Waals surface area contributed by atoms with E-state index in [0.29, 0.717) is 16.8 Å². The van der Waals surface area contributed by atoms with Gasteiger partial charge < -0.3 is 14.8 Å². The Morgan fingerprint density at radius 3 is 2.33 bits per heavy atom. The number of hydrogen-bond donors (Lipinski definition) is 1. The molecule has 0 saturated heterocycles. The van der Waals surface area contributed by atoms with Crippen molar-refractivity contribution in [3.8, 4) is 11.5 Å². The highest BCUT2D eigenvalue weighted by atomic mass is 35.5. The first-order chi connectivity index (χ1) is 8.65. The van der Waals surface area contributed by atoms with Crippen molar-refractivity contribution in [2.45, 2.75) is 39.2 Å². The molecular formula is C14H22ClNO2. The van der Waals surface area contributed by atoms with Crippen molar-refractivity contribution in [3.63, 3.8) is 0 Å². The van der Waals surface area contributed by atoms with Crippen LogP contribution in [0, 0.1) is 0 Å². The average molecular weight is 272 g/mol. The first kappa shape index (κ1) is 15.0. The Morgan fingerprint density at radius 2 is 1.83 bits per heavy atom. The minimum Gasteiger partial charge on any atom is -0.495 e. The number of nitrogens with one attached hydrogen (secondary N) is 1. The minimum atomic E-state index is 0.438. The molecule has 0 aromatic heterocycles. The van der Waals surface area contributed by atoms with Crippen LogP contribution in [0.3, 0.4) is 0 Å². The first-order valence-electron chi connectivity index (χ1n) is 6.34. The summed E-state index contributed by atoms with van der Waals surface area (Å²) < 4.78 is 10.5. The van der Waals surface area contributed by atoms with E-state index >= 15 is 0 Å². The lowest BCUT2D eigenvalue weighted by Crippen LogP contribution is -2.18. The van der Waals surface area contributed by atoms with Crippen LogP contribution in [0.1, 0.15) is 33.1 Å². The molecule has 0 aliphatic rings. The summed E-state index contributed by atoms with van der Waals surface area (Å²) in [5.41, 5.74) is 0.920. The molecule has 0 aliphatic heterocycles. The van der Waals surface area contributed by atoms with E-state index in [1.165, 1.54) is 0 Å². The second kappa shape index (κ2) is 7.37. The molecule has 1 unspecified atom stereocenters. The molecule has 1 atom stereocenters. The molecule has 0 heterocycles. The second-order valence-corrected chi connectivity index (χ2v) is 4.63. The Labute approximate surface area is 114 Å². The van der Waals surface area contributed by atoms with Gasteiger partial charge in [-0.1, -0.05) is 31.9 Å². The van der Waals surface area contributed by atoms with Gasteiger partial charge in [0.1, 0.15) is 11.5 Å². The molecule has 1 aromatic rings. The summed E-state index contributed by atoms with van der Waals surface area (Å²) in [7, 11) is 3.24. The van der Waals surface area contributed by atoms with Gasteiger partial charge in [0.2, 0.25) is 0 Å². The molecule has 0 fully saturated rings. The van der Waals surface area contributed by atoms with Gasteiger partial charge >= 0.3 is 0 Å². The number of anilines is 1. The van der Waals surface area contributed by atoms with Crippen LogP contribution in [0.5, 0.6) is 11.5 Å². The maximum atomic E-state index is 6.14. The molecule has 18 heavy (non-hydrogen) atoms. The number of methoxy groups -OCH3 is 2. The summed E-state index contributed by atoms with van der Waals surface area (Å²) in [6.07, 6.45) is 3.35. The van der Waals surface area contributed by atoms with Gasteiger partial charge in [-0.25, -0.2) is 0 Å². The van der Waals surface area contributed by atoms with Gasteiger partial charge in [0, 0.05) is 12.1 Å². The second-order valence-electron chi connectivity index (χ2n) is 4.23. The third-order valence-electron chi connectivity index (χ3n) is 2.96. The van der Waals surface area contributed by atoms with E-state index in [1.54, 1.807) is 14.2 Å². The standard InChI is InChI=1S/C14H22ClNO2/c1-5-7-10(6-2)16-12-8-11(15)13(17-3)9-14(12)18-4/h8-10,16H,5-7H2,1-4H3. The molecule has 4 heteroatoms. The highest BCUT2D eigenvalue weighted by Crippen LogP contribution is 2.36. The summed E-state index contributed by atoms with van der Waals surface area (Å²) in [5.74, 6) is 1.38. The highest BCUT2D eigenvalue weighted by molar-refractivity contribution is 6.32. The molecule has 0 radical (unpaired) electrons. The smallest absolute Gasteiger partial charge is 0.145 e. The van der Waals surface area contributed by atoms with E-state index in [0.717, 1.165) is 30.7 Å². The molecule has 3 nitrogen and oxygen atoms in total. The van der Waals surface area contributed by atoms with Crippen LogP contribution >= 0.6 is 11.6 Å². The van der Waals surface area contributed by atoms with Crippen LogP contribution < -0.4 is 14.8 Å². The fourth-order valence-corrected chi connectivity index (χ4v) is 2.16. The Hall–Kier alpha value is -1.09. The number of ether oxygens (including phenoxy) is 2. The number of hydrogen-bond acceptors (Lipinski definition) is 3. The zero-order valence-corrected chi connectivity index (χ0v) is 12.3. The first-order valence-corrected chi connectivity index (χ1v) is 6.72. The zero-order chi connectivity index (χ0) is 13.5. The molecule has 1 N–H and O–H groups in total. The van der Waals surface area contributed by atoms with Gasteiger partial charge in [-0.05, 0) is 18.9 Å². The van der Waals surface area contributed by atoms with Crippen molar-refractivity contribution in [1.29, 1.82) is 0 Å². The van der Waals surface area contributed by atoms with E-state index in [9.17, 15) is 0 Å². The van der Waals surface area contributed by atoms with Gasteiger partial charge in [-0.15, -0.1) is 0 Å². The van der Waals surface area contributed by atoms with Crippen molar-refractivity contribution in [1.82, 2.24) is 0 Å². The fraction of sp³-hybridized carbons (Fsp3) is 0.571. The Bertz CT molecular complexity index is 382.